The standard InChI is InChI=1S/C27H34N6O3S/c1-3-28-25(36)32-26-31-21-14-18(13-20(22(21)37-26)17-7-5-4-6-8-17)19-15-29-24(30-16-19)33-11-9-27(2,10-12-33)23(34)35/h13-17H,3-12H2,1-2H3,(H,34,35)(H2,28,31,32,36). The number of piperidine rings is 1. The minimum atomic E-state index is -0.737. The van der Waals surface area contributed by atoms with Crippen molar-refractivity contribution in [2.45, 2.75) is 64.7 Å². The maximum Gasteiger partial charge on any atom is 0.321 e. The van der Waals surface area contributed by atoms with Crippen LogP contribution in [0.2, 0.25) is 0 Å². The molecule has 5 rings (SSSR count). The van der Waals surface area contributed by atoms with E-state index >= 15 is 0 Å². The number of carboxylic acids is 1. The fraction of sp³-hybridized carbons (Fsp3) is 0.519. The van der Waals surface area contributed by atoms with E-state index in [1.165, 1.54) is 36.2 Å². The van der Waals surface area contributed by atoms with Crippen LogP contribution in [-0.4, -0.2) is 51.7 Å². The molecule has 3 heterocycles. The summed E-state index contributed by atoms with van der Waals surface area (Å²) in [5.74, 6) is 0.372. The van der Waals surface area contributed by atoms with E-state index in [-0.39, 0.29) is 6.03 Å². The van der Waals surface area contributed by atoms with Crippen LogP contribution in [0.1, 0.15) is 70.3 Å². The monoisotopic (exact) mass is 522 g/mol. The van der Waals surface area contributed by atoms with E-state index in [9.17, 15) is 14.7 Å². The Bertz CT molecular complexity index is 1280. The average molecular weight is 523 g/mol. The number of fused-ring (bicyclic) bond motifs is 1. The molecule has 3 aromatic rings. The number of benzene rings is 1. The number of anilines is 2. The van der Waals surface area contributed by atoms with Crippen molar-refractivity contribution < 1.29 is 14.7 Å². The molecule has 1 aromatic carbocycles. The lowest BCUT2D eigenvalue weighted by atomic mass is 9.80. The van der Waals surface area contributed by atoms with Crippen LogP contribution in [0, 0.1) is 5.41 Å². The summed E-state index contributed by atoms with van der Waals surface area (Å²) in [4.78, 5) is 39.7. The zero-order valence-electron chi connectivity index (χ0n) is 21.4. The van der Waals surface area contributed by atoms with Crippen LogP contribution in [0.3, 0.4) is 0 Å². The highest BCUT2D eigenvalue weighted by atomic mass is 32.1. The van der Waals surface area contributed by atoms with Gasteiger partial charge in [-0.1, -0.05) is 30.6 Å². The summed E-state index contributed by atoms with van der Waals surface area (Å²) < 4.78 is 1.13. The molecule has 196 valence electrons. The van der Waals surface area contributed by atoms with E-state index in [2.05, 4.69) is 37.6 Å². The lowest BCUT2D eigenvalue weighted by Gasteiger charge is -2.36. The van der Waals surface area contributed by atoms with Crippen molar-refractivity contribution in [2.24, 2.45) is 5.41 Å². The molecule has 37 heavy (non-hydrogen) atoms. The van der Waals surface area contributed by atoms with E-state index in [1.807, 2.05) is 26.2 Å². The van der Waals surface area contributed by atoms with Gasteiger partial charge in [-0.05, 0) is 68.7 Å². The van der Waals surface area contributed by atoms with Gasteiger partial charge in [-0.25, -0.2) is 19.7 Å². The number of carboxylic acid groups (broad SMARTS) is 1. The molecule has 2 fully saturated rings. The normalized spacial score (nSPS) is 18.1. The van der Waals surface area contributed by atoms with Gasteiger partial charge in [-0.3, -0.25) is 10.1 Å². The molecule has 10 heteroatoms. The molecule has 0 spiro atoms. The fourth-order valence-electron chi connectivity index (χ4n) is 5.35. The molecule has 2 amide bonds. The third-order valence-corrected chi connectivity index (χ3v) is 8.79. The van der Waals surface area contributed by atoms with E-state index in [0.717, 1.165) is 34.2 Å². The minimum absolute atomic E-state index is 0.244. The minimum Gasteiger partial charge on any atom is -0.481 e. The van der Waals surface area contributed by atoms with Crippen molar-refractivity contribution in [1.82, 2.24) is 20.3 Å². The molecule has 2 aliphatic rings. The summed E-state index contributed by atoms with van der Waals surface area (Å²) in [6.07, 6.45) is 10.9. The zero-order chi connectivity index (χ0) is 26.0. The summed E-state index contributed by atoms with van der Waals surface area (Å²) in [7, 11) is 0. The summed E-state index contributed by atoms with van der Waals surface area (Å²) >= 11 is 1.54. The van der Waals surface area contributed by atoms with Crippen molar-refractivity contribution in [2.75, 3.05) is 29.9 Å². The Balaban J connectivity index is 1.42. The first-order chi connectivity index (χ1) is 17.9. The van der Waals surface area contributed by atoms with E-state index in [0.29, 0.717) is 49.5 Å². The highest BCUT2D eigenvalue weighted by Crippen LogP contribution is 2.42. The van der Waals surface area contributed by atoms with Crippen LogP contribution in [-0.2, 0) is 4.79 Å². The lowest BCUT2D eigenvalue weighted by molar-refractivity contribution is -0.149. The van der Waals surface area contributed by atoms with Gasteiger partial charge in [0.15, 0.2) is 5.13 Å². The highest BCUT2D eigenvalue weighted by molar-refractivity contribution is 7.22. The van der Waals surface area contributed by atoms with Crippen molar-refractivity contribution in [3.63, 3.8) is 0 Å². The van der Waals surface area contributed by atoms with Crippen LogP contribution in [0.15, 0.2) is 24.5 Å². The molecular weight excluding hydrogens is 488 g/mol. The fourth-order valence-corrected chi connectivity index (χ4v) is 6.38. The quantitative estimate of drug-likeness (QED) is 0.383. The Morgan fingerprint density at radius 1 is 1.11 bits per heavy atom. The zero-order valence-corrected chi connectivity index (χ0v) is 22.2. The predicted molar refractivity (Wildman–Crippen MR) is 146 cm³/mol. The predicted octanol–water partition coefficient (Wildman–Crippen LogP) is 5.63. The third-order valence-electron chi connectivity index (χ3n) is 7.76. The number of aliphatic carboxylic acids is 1. The molecule has 2 aromatic heterocycles. The SMILES string of the molecule is CCNC(=O)Nc1nc2cc(-c3cnc(N4CCC(C)(C(=O)O)CC4)nc3)cc(C3CCCCC3)c2s1. The third kappa shape index (κ3) is 5.39. The smallest absolute Gasteiger partial charge is 0.321 e. The van der Waals surface area contributed by atoms with Gasteiger partial charge in [0, 0.05) is 37.6 Å². The van der Waals surface area contributed by atoms with Crippen LogP contribution in [0.25, 0.3) is 21.3 Å². The molecule has 3 N–H and O–H groups in total. The van der Waals surface area contributed by atoms with E-state index < -0.39 is 11.4 Å². The Morgan fingerprint density at radius 3 is 2.46 bits per heavy atom. The van der Waals surface area contributed by atoms with Gasteiger partial charge in [-0.15, -0.1) is 0 Å². The number of nitrogens with one attached hydrogen (secondary N) is 2. The Kier molecular flexibility index (Phi) is 7.28. The number of carbonyl (C=O) groups is 2. The summed E-state index contributed by atoms with van der Waals surface area (Å²) in [6.45, 7) is 5.50. The van der Waals surface area contributed by atoms with Crippen LogP contribution in [0.4, 0.5) is 15.9 Å². The van der Waals surface area contributed by atoms with Crippen LogP contribution < -0.4 is 15.5 Å². The molecular formula is C27H34N6O3S. The number of nitrogens with zero attached hydrogens (tertiary/aromatic N) is 4. The van der Waals surface area contributed by atoms with Crippen molar-refractivity contribution in [1.29, 1.82) is 0 Å². The van der Waals surface area contributed by atoms with Gasteiger partial charge in [0.25, 0.3) is 0 Å². The molecule has 0 radical (unpaired) electrons. The number of thiazole rings is 1. The first kappa shape index (κ1) is 25.4. The van der Waals surface area contributed by atoms with Gasteiger partial charge in [0.2, 0.25) is 5.95 Å². The molecule has 1 aliphatic heterocycles. The van der Waals surface area contributed by atoms with E-state index in [4.69, 9.17) is 4.98 Å². The summed E-state index contributed by atoms with van der Waals surface area (Å²) in [5, 5.41) is 15.7. The average Bonchev–Trinajstić information content (AvgIpc) is 3.31. The van der Waals surface area contributed by atoms with Crippen molar-refractivity contribution >= 4 is 44.6 Å². The van der Waals surface area contributed by atoms with Crippen LogP contribution >= 0.6 is 11.3 Å². The Morgan fingerprint density at radius 2 is 1.81 bits per heavy atom. The van der Waals surface area contributed by atoms with Crippen molar-refractivity contribution in [3.05, 3.63) is 30.1 Å². The second-order valence-electron chi connectivity index (χ2n) is 10.4. The molecule has 9 nitrogen and oxygen atoms in total. The number of urea groups is 1. The molecule has 1 aliphatic carbocycles. The molecule has 1 saturated heterocycles. The number of aromatic nitrogens is 3. The summed E-state index contributed by atoms with van der Waals surface area (Å²) in [5.41, 5.74) is 3.43. The molecule has 0 unspecified atom stereocenters. The maximum atomic E-state index is 12.1. The molecule has 0 bridgehead atoms. The maximum absolute atomic E-state index is 12.1. The number of hydrogen-bond acceptors (Lipinski definition) is 7. The van der Waals surface area contributed by atoms with Crippen LogP contribution in [0.5, 0.6) is 0 Å². The number of hydrogen-bond donors (Lipinski definition) is 3. The first-order valence-electron chi connectivity index (χ1n) is 13.2. The number of rotatable bonds is 6. The van der Waals surface area contributed by atoms with Gasteiger partial charge < -0.3 is 15.3 Å². The Labute approximate surface area is 220 Å². The van der Waals surface area contributed by atoms with Gasteiger partial charge in [0.1, 0.15) is 0 Å². The van der Waals surface area contributed by atoms with Crippen molar-refractivity contribution in [3.8, 4) is 11.1 Å². The van der Waals surface area contributed by atoms with E-state index in [1.54, 1.807) is 0 Å². The second kappa shape index (κ2) is 10.6. The highest BCUT2D eigenvalue weighted by Gasteiger charge is 2.37. The Hall–Kier alpha value is -3.27. The second-order valence-corrected chi connectivity index (χ2v) is 11.4. The van der Waals surface area contributed by atoms with Gasteiger partial charge in [-0.2, -0.15) is 0 Å². The molecule has 0 atom stereocenters. The van der Waals surface area contributed by atoms with Gasteiger partial charge >= 0.3 is 12.0 Å². The topological polar surface area (TPSA) is 120 Å². The first-order valence-corrected chi connectivity index (χ1v) is 14.0. The molecule has 1 saturated carbocycles. The number of carbonyl (C=O) groups excluding carboxylic acids is 1. The summed E-state index contributed by atoms with van der Waals surface area (Å²) in [6, 6.07) is 4.06. The lowest BCUT2D eigenvalue weighted by Crippen LogP contribution is -2.43. The largest absolute Gasteiger partial charge is 0.481 e. The number of amides is 2. The van der Waals surface area contributed by atoms with Gasteiger partial charge in [0.05, 0.1) is 15.6 Å².